The highest BCUT2D eigenvalue weighted by Gasteiger charge is 2.31. The molecule has 2 N–H and O–H groups in total. The Balaban J connectivity index is 1.68. The molecule has 3 aromatic rings. The van der Waals surface area contributed by atoms with Gasteiger partial charge in [-0.05, 0) is 36.6 Å². The summed E-state index contributed by atoms with van der Waals surface area (Å²) in [6.45, 7) is 2.38. The Morgan fingerprint density at radius 2 is 1.83 bits per heavy atom. The summed E-state index contributed by atoms with van der Waals surface area (Å²) in [7, 11) is 1.24. The predicted octanol–water partition coefficient (Wildman–Crippen LogP) is 0.804. The third-order valence-corrected chi connectivity index (χ3v) is 6.22. The second-order valence-electron chi connectivity index (χ2n) is 8.71. The van der Waals surface area contributed by atoms with Crippen LogP contribution in [0.25, 0.3) is 0 Å². The zero-order valence-corrected chi connectivity index (χ0v) is 20.1. The number of hydrogen-bond acceptors (Lipinski definition) is 8. The topological polar surface area (TPSA) is 137 Å². The summed E-state index contributed by atoms with van der Waals surface area (Å²) in [4.78, 5) is 58.6. The molecule has 188 valence electrons. The Hall–Kier alpha value is -4.28. The van der Waals surface area contributed by atoms with Crippen LogP contribution in [0.1, 0.15) is 35.4 Å². The molecule has 0 aliphatic carbocycles. The Morgan fingerprint density at radius 1 is 1.11 bits per heavy atom. The van der Waals surface area contributed by atoms with Crippen molar-refractivity contribution in [2.24, 2.45) is 0 Å². The van der Waals surface area contributed by atoms with Crippen LogP contribution in [0.3, 0.4) is 0 Å². The summed E-state index contributed by atoms with van der Waals surface area (Å²) in [6.07, 6.45) is 3.69. The second kappa shape index (κ2) is 11.0. The van der Waals surface area contributed by atoms with Crippen LogP contribution in [0, 0.1) is 6.92 Å². The van der Waals surface area contributed by atoms with E-state index in [0.717, 1.165) is 21.3 Å². The molecule has 0 radical (unpaired) electrons. The molecule has 1 fully saturated rings. The number of benzene rings is 1. The molecule has 0 spiro atoms. The summed E-state index contributed by atoms with van der Waals surface area (Å²) in [6, 6.07) is 10.7. The van der Waals surface area contributed by atoms with E-state index in [9.17, 15) is 19.2 Å². The first-order valence-electron chi connectivity index (χ1n) is 11.6. The standard InChI is InChI=1S/C25H28N6O5/c1-16-3-5-17(6-4-16)15-31-23(29-24(34)30(25(31)35)12-9-21(32)36-2)28-20-13-19(14-27-22(20)33)18-7-10-26-11-8-18/h3-8,10-11,19-20H,9,12-15H2,1-2H3,(H,27,33)(H,28,29,34). The van der Waals surface area contributed by atoms with Crippen LogP contribution in [-0.4, -0.2) is 50.7 Å². The van der Waals surface area contributed by atoms with E-state index in [1.165, 1.54) is 11.7 Å². The maximum Gasteiger partial charge on any atom is 0.354 e. The number of esters is 1. The van der Waals surface area contributed by atoms with Crippen molar-refractivity contribution < 1.29 is 14.3 Å². The number of nitrogens with one attached hydrogen (secondary N) is 2. The van der Waals surface area contributed by atoms with Crippen LogP contribution in [0.4, 0.5) is 5.95 Å². The number of methoxy groups -OCH3 is 1. The average molecular weight is 493 g/mol. The van der Waals surface area contributed by atoms with Crippen molar-refractivity contribution in [1.82, 2.24) is 24.4 Å². The van der Waals surface area contributed by atoms with Gasteiger partial charge in [0.15, 0.2) is 0 Å². The number of ether oxygens (including phenoxy) is 1. The molecule has 4 rings (SSSR count). The first kappa shape index (κ1) is 24.8. The Bertz CT molecular complexity index is 1350. The van der Waals surface area contributed by atoms with Gasteiger partial charge in [0.05, 0.1) is 20.1 Å². The number of carbonyl (C=O) groups excluding carboxylic acids is 2. The van der Waals surface area contributed by atoms with Gasteiger partial charge in [-0.3, -0.25) is 19.1 Å². The van der Waals surface area contributed by atoms with Gasteiger partial charge in [-0.25, -0.2) is 14.2 Å². The molecule has 11 heteroatoms. The molecule has 1 aliphatic heterocycles. The first-order valence-corrected chi connectivity index (χ1v) is 11.6. The molecule has 2 atom stereocenters. The van der Waals surface area contributed by atoms with E-state index in [-0.39, 0.29) is 37.3 Å². The number of amides is 1. The highest BCUT2D eigenvalue weighted by molar-refractivity contribution is 5.85. The Labute approximate surface area is 207 Å². The smallest absolute Gasteiger partial charge is 0.354 e. The Kier molecular flexibility index (Phi) is 7.57. The molecule has 11 nitrogen and oxygen atoms in total. The zero-order valence-electron chi connectivity index (χ0n) is 20.1. The van der Waals surface area contributed by atoms with Gasteiger partial charge >= 0.3 is 17.3 Å². The normalized spacial score (nSPS) is 17.3. The molecule has 0 bridgehead atoms. The number of anilines is 1. The number of rotatable bonds is 8. The van der Waals surface area contributed by atoms with E-state index in [4.69, 9.17) is 0 Å². The molecule has 36 heavy (non-hydrogen) atoms. The number of nitrogens with zero attached hydrogens (tertiary/aromatic N) is 4. The van der Waals surface area contributed by atoms with Gasteiger partial charge in [0, 0.05) is 31.4 Å². The fourth-order valence-electron chi connectivity index (χ4n) is 4.15. The number of pyridine rings is 1. The van der Waals surface area contributed by atoms with E-state index < -0.39 is 23.4 Å². The van der Waals surface area contributed by atoms with E-state index in [1.807, 2.05) is 43.3 Å². The highest BCUT2D eigenvalue weighted by Crippen LogP contribution is 2.24. The monoisotopic (exact) mass is 492 g/mol. The molecule has 1 saturated heterocycles. The van der Waals surface area contributed by atoms with Gasteiger partial charge in [0.25, 0.3) is 0 Å². The number of aromatic nitrogens is 4. The fraction of sp³-hybridized carbons (Fsp3) is 0.360. The lowest BCUT2D eigenvalue weighted by Gasteiger charge is -2.30. The fourth-order valence-corrected chi connectivity index (χ4v) is 4.15. The van der Waals surface area contributed by atoms with Crippen molar-refractivity contribution in [2.45, 2.75) is 44.8 Å². The van der Waals surface area contributed by atoms with E-state index in [2.05, 4.69) is 25.3 Å². The first-order chi connectivity index (χ1) is 17.4. The molecule has 1 aromatic carbocycles. The lowest BCUT2D eigenvalue weighted by atomic mass is 9.89. The molecule has 0 saturated carbocycles. The third kappa shape index (κ3) is 5.68. The van der Waals surface area contributed by atoms with Crippen molar-refractivity contribution in [3.05, 3.63) is 86.5 Å². The quantitative estimate of drug-likeness (QED) is 0.441. The van der Waals surface area contributed by atoms with Gasteiger partial charge in [-0.15, -0.1) is 0 Å². The molecule has 1 aliphatic rings. The maximum atomic E-state index is 13.4. The summed E-state index contributed by atoms with van der Waals surface area (Å²) in [5.74, 6) is -0.766. The van der Waals surface area contributed by atoms with Crippen molar-refractivity contribution >= 4 is 17.8 Å². The number of aryl methyl sites for hydroxylation is 1. The van der Waals surface area contributed by atoms with Crippen LogP contribution in [0.5, 0.6) is 0 Å². The van der Waals surface area contributed by atoms with Crippen LogP contribution in [0.2, 0.25) is 0 Å². The van der Waals surface area contributed by atoms with Crippen molar-refractivity contribution in [2.75, 3.05) is 19.0 Å². The SMILES string of the molecule is COC(=O)CCn1c(=O)nc(NC2CC(c3ccncc3)CNC2=O)n(Cc2ccc(C)cc2)c1=O. The molecule has 3 heterocycles. The Morgan fingerprint density at radius 3 is 2.53 bits per heavy atom. The van der Waals surface area contributed by atoms with Crippen molar-refractivity contribution in [1.29, 1.82) is 0 Å². The summed E-state index contributed by atoms with van der Waals surface area (Å²) >= 11 is 0. The number of piperidine rings is 1. The minimum atomic E-state index is -0.812. The molecular formula is C25H28N6O5. The molecule has 1 amide bonds. The largest absolute Gasteiger partial charge is 0.469 e. The number of hydrogen-bond donors (Lipinski definition) is 2. The van der Waals surface area contributed by atoms with Crippen LogP contribution < -0.4 is 22.0 Å². The van der Waals surface area contributed by atoms with Gasteiger partial charge in [0.1, 0.15) is 6.04 Å². The van der Waals surface area contributed by atoms with Gasteiger partial charge in [-0.2, -0.15) is 4.98 Å². The maximum absolute atomic E-state index is 13.4. The van der Waals surface area contributed by atoms with Crippen LogP contribution in [-0.2, 0) is 27.4 Å². The summed E-state index contributed by atoms with van der Waals surface area (Å²) in [5.41, 5.74) is 1.46. The highest BCUT2D eigenvalue weighted by atomic mass is 16.5. The summed E-state index contributed by atoms with van der Waals surface area (Å²) in [5, 5.41) is 5.92. The van der Waals surface area contributed by atoms with Crippen LogP contribution in [0.15, 0.2) is 58.4 Å². The minimum absolute atomic E-state index is 0.00424. The van der Waals surface area contributed by atoms with E-state index in [0.29, 0.717) is 13.0 Å². The lowest BCUT2D eigenvalue weighted by Crippen LogP contribution is -2.50. The van der Waals surface area contributed by atoms with Gasteiger partial charge in [0.2, 0.25) is 11.9 Å². The van der Waals surface area contributed by atoms with Crippen molar-refractivity contribution in [3.8, 4) is 0 Å². The van der Waals surface area contributed by atoms with Crippen molar-refractivity contribution in [3.63, 3.8) is 0 Å². The third-order valence-electron chi connectivity index (χ3n) is 6.22. The van der Waals surface area contributed by atoms with Gasteiger partial charge in [-0.1, -0.05) is 29.8 Å². The molecular weight excluding hydrogens is 464 g/mol. The molecule has 2 unspecified atom stereocenters. The number of carbonyl (C=O) groups is 2. The average Bonchev–Trinajstić information content (AvgIpc) is 2.89. The van der Waals surface area contributed by atoms with E-state index in [1.54, 1.807) is 12.4 Å². The predicted molar refractivity (Wildman–Crippen MR) is 132 cm³/mol. The van der Waals surface area contributed by atoms with Gasteiger partial charge < -0.3 is 15.4 Å². The minimum Gasteiger partial charge on any atom is -0.469 e. The zero-order chi connectivity index (χ0) is 25.7. The second-order valence-corrected chi connectivity index (χ2v) is 8.71. The summed E-state index contributed by atoms with van der Waals surface area (Å²) < 4.78 is 6.84. The lowest BCUT2D eigenvalue weighted by molar-refractivity contribution is -0.140. The molecule has 2 aromatic heterocycles. The van der Waals surface area contributed by atoms with Crippen LogP contribution >= 0.6 is 0 Å². The van der Waals surface area contributed by atoms with E-state index >= 15 is 0 Å².